The minimum Gasteiger partial charge on any atom is -0.365 e. The van der Waals surface area contributed by atoms with Crippen LogP contribution in [0.15, 0.2) is 30.3 Å². The van der Waals surface area contributed by atoms with Gasteiger partial charge in [-0.15, -0.1) is 0 Å². The van der Waals surface area contributed by atoms with Crippen LogP contribution in [0, 0.1) is 5.82 Å². The Balaban J connectivity index is 1.47. The van der Waals surface area contributed by atoms with E-state index in [2.05, 4.69) is 9.80 Å². The lowest BCUT2D eigenvalue weighted by Crippen LogP contribution is -2.47. The number of hydrogen-bond acceptors (Lipinski definition) is 4. The number of aryl methyl sites for hydroxylation is 2. The van der Waals surface area contributed by atoms with Gasteiger partial charge in [0.25, 0.3) is 5.91 Å². The molecule has 2 aromatic rings. The minimum atomic E-state index is -0.413. The first-order valence-electron chi connectivity index (χ1n) is 9.14. The van der Waals surface area contributed by atoms with Gasteiger partial charge in [0.2, 0.25) is 0 Å². The number of primary amides is 1. The Hall–Kier alpha value is -2.47. The Morgan fingerprint density at radius 1 is 1.15 bits per heavy atom. The third kappa shape index (κ3) is 3.42. The van der Waals surface area contributed by atoms with Crippen molar-refractivity contribution in [1.82, 2.24) is 9.88 Å². The molecule has 2 heterocycles. The summed E-state index contributed by atoms with van der Waals surface area (Å²) in [6.45, 7) is 3.97. The maximum atomic E-state index is 13.4. The molecule has 1 amide bonds. The zero-order valence-electron chi connectivity index (χ0n) is 14.7. The van der Waals surface area contributed by atoms with Crippen LogP contribution < -0.4 is 10.6 Å². The second-order valence-electron chi connectivity index (χ2n) is 7.08. The van der Waals surface area contributed by atoms with E-state index in [0.717, 1.165) is 74.6 Å². The number of rotatable bonds is 4. The molecule has 136 valence electrons. The van der Waals surface area contributed by atoms with Crippen molar-refractivity contribution in [2.75, 3.05) is 31.1 Å². The highest BCUT2D eigenvalue weighted by Gasteiger charge is 2.25. The summed E-state index contributed by atoms with van der Waals surface area (Å²) in [4.78, 5) is 21.1. The number of pyridine rings is 1. The van der Waals surface area contributed by atoms with Crippen molar-refractivity contribution in [3.05, 3.63) is 58.5 Å². The van der Waals surface area contributed by atoms with E-state index in [1.165, 1.54) is 6.07 Å². The van der Waals surface area contributed by atoms with Crippen molar-refractivity contribution in [3.63, 3.8) is 0 Å². The van der Waals surface area contributed by atoms with Crippen molar-refractivity contribution in [2.45, 2.75) is 25.8 Å². The van der Waals surface area contributed by atoms with Crippen LogP contribution in [-0.2, 0) is 19.4 Å². The SMILES string of the molecule is NC(=O)c1cc2c(nc1N1CCN(Cc3cccc(F)c3)CC1)CCC2. The number of piperazine rings is 1. The summed E-state index contributed by atoms with van der Waals surface area (Å²) in [5, 5.41) is 0. The Kier molecular flexibility index (Phi) is 4.59. The summed E-state index contributed by atoms with van der Waals surface area (Å²) >= 11 is 0. The van der Waals surface area contributed by atoms with Gasteiger partial charge < -0.3 is 10.6 Å². The number of hydrogen-bond donors (Lipinski definition) is 1. The molecule has 0 unspecified atom stereocenters. The topological polar surface area (TPSA) is 62.5 Å². The summed E-state index contributed by atoms with van der Waals surface area (Å²) < 4.78 is 13.4. The Morgan fingerprint density at radius 3 is 2.69 bits per heavy atom. The molecular weight excluding hydrogens is 331 g/mol. The van der Waals surface area contributed by atoms with Gasteiger partial charge in [0, 0.05) is 38.4 Å². The quantitative estimate of drug-likeness (QED) is 0.914. The van der Waals surface area contributed by atoms with Crippen LogP contribution in [0.3, 0.4) is 0 Å². The van der Waals surface area contributed by atoms with Crippen LogP contribution in [0.1, 0.15) is 33.6 Å². The second kappa shape index (κ2) is 7.03. The molecule has 0 radical (unpaired) electrons. The van der Waals surface area contributed by atoms with Crippen LogP contribution >= 0.6 is 0 Å². The van der Waals surface area contributed by atoms with Crippen molar-refractivity contribution >= 4 is 11.7 Å². The number of amides is 1. The largest absolute Gasteiger partial charge is 0.365 e. The number of nitrogens with two attached hydrogens (primary N) is 1. The predicted octanol–water partition coefficient (Wildman–Crippen LogP) is 2.13. The van der Waals surface area contributed by atoms with E-state index in [1.54, 1.807) is 12.1 Å². The maximum Gasteiger partial charge on any atom is 0.252 e. The first-order valence-corrected chi connectivity index (χ1v) is 9.14. The number of benzene rings is 1. The summed E-state index contributed by atoms with van der Waals surface area (Å²) in [6, 6.07) is 8.68. The molecule has 1 aliphatic heterocycles. The molecule has 2 aliphatic rings. The molecule has 6 heteroatoms. The van der Waals surface area contributed by atoms with Crippen molar-refractivity contribution < 1.29 is 9.18 Å². The number of carbonyl (C=O) groups is 1. The lowest BCUT2D eigenvalue weighted by Gasteiger charge is -2.36. The van der Waals surface area contributed by atoms with Gasteiger partial charge in [0.1, 0.15) is 11.6 Å². The fourth-order valence-corrected chi connectivity index (χ4v) is 3.89. The molecule has 26 heavy (non-hydrogen) atoms. The van der Waals surface area contributed by atoms with Gasteiger partial charge in [-0.05, 0) is 48.6 Å². The van der Waals surface area contributed by atoms with Gasteiger partial charge in [0.15, 0.2) is 0 Å². The molecule has 0 atom stereocenters. The second-order valence-corrected chi connectivity index (χ2v) is 7.08. The minimum absolute atomic E-state index is 0.199. The highest BCUT2D eigenvalue weighted by atomic mass is 19.1. The monoisotopic (exact) mass is 354 g/mol. The van der Waals surface area contributed by atoms with Gasteiger partial charge >= 0.3 is 0 Å². The number of aromatic nitrogens is 1. The molecule has 1 aliphatic carbocycles. The van der Waals surface area contributed by atoms with Gasteiger partial charge in [0.05, 0.1) is 5.56 Å². The van der Waals surface area contributed by atoms with Crippen LogP contribution in [0.5, 0.6) is 0 Å². The van der Waals surface area contributed by atoms with E-state index in [9.17, 15) is 9.18 Å². The predicted molar refractivity (Wildman–Crippen MR) is 98.7 cm³/mol. The highest BCUT2D eigenvalue weighted by Crippen LogP contribution is 2.28. The molecule has 1 saturated heterocycles. The average Bonchev–Trinajstić information content (AvgIpc) is 3.09. The molecule has 0 saturated carbocycles. The number of carbonyl (C=O) groups excluding carboxylic acids is 1. The van der Waals surface area contributed by atoms with E-state index >= 15 is 0 Å². The van der Waals surface area contributed by atoms with E-state index in [-0.39, 0.29) is 5.82 Å². The Morgan fingerprint density at radius 2 is 1.96 bits per heavy atom. The molecule has 1 aromatic carbocycles. The molecule has 0 spiro atoms. The molecule has 1 aromatic heterocycles. The third-order valence-corrected chi connectivity index (χ3v) is 5.26. The highest BCUT2D eigenvalue weighted by molar-refractivity contribution is 5.98. The standard InChI is InChI=1S/C20H23FN4O/c21-16-5-1-3-14(11-16)13-24-7-9-25(10-8-24)20-17(19(22)26)12-15-4-2-6-18(15)23-20/h1,3,5,11-12H,2,4,6-10,13H2,(H2,22,26). The normalized spacial score (nSPS) is 17.3. The summed E-state index contributed by atoms with van der Waals surface area (Å²) in [7, 11) is 0. The van der Waals surface area contributed by atoms with Crippen molar-refractivity contribution in [3.8, 4) is 0 Å². The average molecular weight is 354 g/mol. The lowest BCUT2D eigenvalue weighted by atomic mass is 10.1. The fraction of sp³-hybridized carbons (Fsp3) is 0.400. The van der Waals surface area contributed by atoms with E-state index in [1.807, 2.05) is 12.1 Å². The summed E-state index contributed by atoms with van der Waals surface area (Å²) in [5.41, 5.74) is 9.38. The van der Waals surface area contributed by atoms with Crippen molar-refractivity contribution in [2.24, 2.45) is 5.73 Å². The third-order valence-electron chi connectivity index (χ3n) is 5.26. The fourth-order valence-electron chi connectivity index (χ4n) is 3.89. The summed E-state index contributed by atoms with van der Waals surface area (Å²) in [5.74, 6) is 0.113. The van der Waals surface area contributed by atoms with Crippen LogP contribution in [0.2, 0.25) is 0 Å². The Bertz CT molecular complexity index is 831. The zero-order valence-corrected chi connectivity index (χ0v) is 14.7. The van der Waals surface area contributed by atoms with E-state index in [4.69, 9.17) is 10.7 Å². The smallest absolute Gasteiger partial charge is 0.252 e. The summed E-state index contributed by atoms with van der Waals surface area (Å²) in [6.07, 6.45) is 3.04. The van der Waals surface area contributed by atoms with Crippen LogP contribution in [0.25, 0.3) is 0 Å². The van der Waals surface area contributed by atoms with Crippen LogP contribution in [-0.4, -0.2) is 42.0 Å². The Labute approximate surface area is 152 Å². The van der Waals surface area contributed by atoms with E-state index < -0.39 is 5.91 Å². The van der Waals surface area contributed by atoms with Gasteiger partial charge in [-0.3, -0.25) is 9.69 Å². The molecule has 4 rings (SSSR count). The first-order chi connectivity index (χ1) is 12.6. The van der Waals surface area contributed by atoms with Gasteiger partial charge in [-0.1, -0.05) is 12.1 Å². The van der Waals surface area contributed by atoms with E-state index in [0.29, 0.717) is 5.56 Å². The van der Waals surface area contributed by atoms with Crippen LogP contribution in [0.4, 0.5) is 10.2 Å². The molecule has 2 N–H and O–H groups in total. The number of halogens is 1. The van der Waals surface area contributed by atoms with Crippen molar-refractivity contribution in [1.29, 1.82) is 0 Å². The molecule has 1 fully saturated rings. The molecule has 5 nitrogen and oxygen atoms in total. The maximum absolute atomic E-state index is 13.4. The molecular formula is C20H23FN4O. The van der Waals surface area contributed by atoms with Gasteiger partial charge in [-0.25, -0.2) is 9.37 Å². The number of fused-ring (bicyclic) bond motifs is 1. The number of anilines is 1. The number of nitrogens with zero attached hydrogens (tertiary/aromatic N) is 3. The lowest BCUT2D eigenvalue weighted by molar-refractivity contribution is 0.1000. The van der Waals surface area contributed by atoms with Gasteiger partial charge in [-0.2, -0.15) is 0 Å². The zero-order chi connectivity index (χ0) is 18.1. The first kappa shape index (κ1) is 17.0. The molecule has 0 bridgehead atoms.